The topological polar surface area (TPSA) is 42.1 Å². The molecule has 74 valence electrons. The van der Waals surface area contributed by atoms with Crippen LogP contribution in [-0.2, 0) is 6.42 Å². The van der Waals surface area contributed by atoms with Crippen LogP contribution in [0.4, 0.5) is 5.69 Å². The van der Waals surface area contributed by atoms with Crippen molar-refractivity contribution in [2.45, 2.75) is 31.3 Å². The predicted octanol–water partition coefficient (Wildman–Crippen LogP) is 1.36. The zero-order chi connectivity index (χ0) is 9.71. The van der Waals surface area contributed by atoms with Gasteiger partial charge in [0.1, 0.15) is 0 Å². The van der Waals surface area contributed by atoms with Crippen LogP contribution in [-0.4, -0.2) is 23.0 Å². The van der Waals surface area contributed by atoms with Gasteiger partial charge in [0, 0.05) is 24.2 Å². The third kappa shape index (κ3) is 0.989. The number of anilines is 1. The number of aromatic nitrogens is 1. The highest BCUT2D eigenvalue weighted by Crippen LogP contribution is 2.42. The van der Waals surface area contributed by atoms with Crippen LogP contribution in [0, 0.1) is 0 Å². The molecule has 1 fully saturated rings. The monoisotopic (exact) mass is 189 g/mol. The highest BCUT2D eigenvalue weighted by atomic mass is 15.2. The number of hydrogen-bond donors (Lipinski definition) is 1. The average Bonchev–Trinajstić information content (AvgIpc) is 2.43. The molecule has 0 amide bonds. The standard InChI is InChI=1S/C11H15N3/c1-14-8-2-3-11(14)9-4-7(12)6-13-10(9)5-8/h4,6,8,11H,2-3,5,12H2,1H3. The van der Waals surface area contributed by atoms with E-state index in [4.69, 9.17) is 5.73 Å². The lowest BCUT2D eigenvalue weighted by Crippen LogP contribution is -2.34. The largest absolute Gasteiger partial charge is 0.397 e. The number of nitrogen functional groups attached to an aromatic ring is 1. The van der Waals surface area contributed by atoms with E-state index in [-0.39, 0.29) is 0 Å². The van der Waals surface area contributed by atoms with Gasteiger partial charge in [-0.3, -0.25) is 9.88 Å². The summed E-state index contributed by atoms with van der Waals surface area (Å²) >= 11 is 0. The SMILES string of the molecule is CN1C2CCC1c1cc(N)cnc1C2. The molecule has 3 nitrogen and oxygen atoms in total. The second kappa shape index (κ2) is 2.70. The van der Waals surface area contributed by atoms with E-state index in [9.17, 15) is 0 Å². The number of likely N-dealkylation sites (N-methyl/N-ethyl adjacent to an activating group) is 1. The molecule has 1 saturated heterocycles. The summed E-state index contributed by atoms with van der Waals surface area (Å²) in [5.41, 5.74) is 9.20. The van der Waals surface area contributed by atoms with Crippen LogP contribution >= 0.6 is 0 Å². The van der Waals surface area contributed by atoms with Gasteiger partial charge in [-0.1, -0.05) is 0 Å². The van der Waals surface area contributed by atoms with Crippen molar-refractivity contribution in [3.63, 3.8) is 0 Å². The average molecular weight is 189 g/mol. The lowest BCUT2D eigenvalue weighted by molar-refractivity contribution is 0.222. The van der Waals surface area contributed by atoms with E-state index < -0.39 is 0 Å². The van der Waals surface area contributed by atoms with E-state index in [2.05, 4.69) is 23.0 Å². The zero-order valence-electron chi connectivity index (χ0n) is 8.40. The van der Waals surface area contributed by atoms with Gasteiger partial charge in [-0.25, -0.2) is 0 Å². The summed E-state index contributed by atoms with van der Waals surface area (Å²) in [4.78, 5) is 6.92. The second-order valence-electron chi connectivity index (χ2n) is 4.42. The molecule has 14 heavy (non-hydrogen) atoms. The van der Waals surface area contributed by atoms with Crippen molar-refractivity contribution in [3.8, 4) is 0 Å². The molecule has 1 aromatic rings. The summed E-state index contributed by atoms with van der Waals surface area (Å²) in [6.45, 7) is 0. The quantitative estimate of drug-likeness (QED) is 0.670. The molecule has 3 heterocycles. The summed E-state index contributed by atoms with van der Waals surface area (Å²) in [5, 5.41) is 0. The van der Waals surface area contributed by atoms with E-state index in [0.29, 0.717) is 12.1 Å². The first-order valence-corrected chi connectivity index (χ1v) is 5.22. The molecule has 2 unspecified atom stereocenters. The number of nitrogens with zero attached hydrogens (tertiary/aromatic N) is 2. The Labute approximate surface area is 83.9 Å². The minimum absolute atomic E-state index is 0.569. The Morgan fingerprint density at radius 3 is 3.21 bits per heavy atom. The normalized spacial score (nSPS) is 30.4. The molecule has 3 heteroatoms. The summed E-state index contributed by atoms with van der Waals surface area (Å²) < 4.78 is 0. The van der Waals surface area contributed by atoms with Crippen LogP contribution in [0.25, 0.3) is 0 Å². The van der Waals surface area contributed by atoms with Crippen molar-refractivity contribution in [2.24, 2.45) is 0 Å². The maximum Gasteiger partial charge on any atom is 0.0504 e. The predicted molar refractivity (Wildman–Crippen MR) is 55.9 cm³/mol. The second-order valence-corrected chi connectivity index (χ2v) is 4.42. The molecule has 1 aromatic heterocycles. The zero-order valence-corrected chi connectivity index (χ0v) is 8.40. The molecule has 0 saturated carbocycles. The van der Waals surface area contributed by atoms with Crippen molar-refractivity contribution in [2.75, 3.05) is 12.8 Å². The van der Waals surface area contributed by atoms with Crippen LogP contribution in [0.2, 0.25) is 0 Å². The third-order valence-electron chi connectivity index (χ3n) is 3.65. The highest BCUT2D eigenvalue weighted by molar-refractivity contribution is 5.43. The van der Waals surface area contributed by atoms with Crippen LogP contribution in [0.15, 0.2) is 12.3 Å². The molecule has 2 N–H and O–H groups in total. The van der Waals surface area contributed by atoms with Crippen LogP contribution in [0.5, 0.6) is 0 Å². The molecule has 2 aliphatic heterocycles. The van der Waals surface area contributed by atoms with Crippen molar-refractivity contribution >= 4 is 5.69 Å². The molecule has 2 bridgehead atoms. The Morgan fingerprint density at radius 2 is 2.36 bits per heavy atom. The number of nitrogens with two attached hydrogens (primary N) is 1. The fraction of sp³-hybridized carbons (Fsp3) is 0.545. The minimum Gasteiger partial charge on any atom is -0.397 e. The molecule has 2 atom stereocenters. The Kier molecular flexibility index (Phi) is 1.59. The summed E-state index contributed by atoms with van der Waals surface area (Å²) in [5.74, 6) is 0. The van der Waals surface area contributed by atoms with E-state index in [1.54, 1.807) is 6.20 Å². The fourth-order valence-electron chi connectivity index (χ4n) is 2.84. The third-order valence-corrected chi connectivity index (χ3v) is 3.65. The number of rotatable bonds is 0. The maximum atomic E-state index is 5.78. The lowest BCUT2D eigenvalue weighted by atomic mass is 9.98. The van der Waals surface area contributed by atoms with E-state index in [0.717, 1.165) is 12.1 Å². The van der Waals surface area contributed by atoms with E-state index >= 15 is 0 Å². The van der Waals surface area contributed by atoms with Gasteiger partial charge in [-0.05, 0) is 31.5 Å². The number of pyridine rings is 1. The fourth-order valence-corrected chi connectivity index (χ4v) is 2.84. The molecule has 0 spiro atoms. The number of fused-ring (bicyclic) bond motifs is 4. The Morgan fingerprint density at radius 1 is 1.50 bits per heavy atom. The van der Waals surface area contributed by atoms with E-state index in [1.807, 2.05) is 0 Å². The summed E-state index contributed by atoms with van der Waals surface area (Å²) in [6.07, 6.45) is 5.45. The van der Waals surface area contributed by atoms with Crippen LogP contribution < -0.4 is 5.73 Å². The van der Waals surface area contributed by atoms with Crippen molar-refractivity contribution < 1.29 is 0 Å². The molecule has 0 aliphatic carbocycles. The first-order valence-electron chi connectivity index (χ1n) is 5.22. The molecule has 2 aliphatic rings. The lowest BCUT2D eigenvalue weighted by Gasteiger charge is -2.32. The van der Waals surface area contributed by atoms with Crippen LogP contribution in [0.3, 0.4) is 0 Å². The number of hydrogen-bond acceptors (Lipinski definition) is 3. The Hall–Kier alpha value is -1.09. The smallest absolute Gasteiger partial charge is 0.0504 e. The summed E-state index contributed by atoms with van der Waals surface area (Å²) in [6, 6.07) is 3.38. The minimum atomic E-state index is 0.569. The Bertz CT molecular complexity index is 375. The van der Waals surface area contributed by atoms with Crippen LogP contribution in [0.1, 0.15) is 30.1 Å². The van der Waals surface area contributed by atoms with Gasteiger partial charge in [0.05, 0.1) is 11.9 Å². The summed E-state index contributed by atoms with van der Waals surface area (Å²) in [7, 11) is 2.22. The maximum absolute atomic E-state index is 5.78. The molecular formula is C11H15N3. The van der Waals surface area contributed by atoms with Gasteiger partial charge in [-0.15, -0.1) is 0 Å². The van der Waals surface area contributed by atoms with Gasteiger partial charge in [-0.2, -0.15) is 0 Å². The van der Waals surface area contributed by atoms with Gasteiger partial charge in [0.15, 0.2) is 0 Å². The van der Waals surface area contributed by atoms with Gasteiger partial charge < -0.3 is 5.73 Å². The van der Waals surface area contributed by atoms with Crippen molar-refractivity contribution in [3.05, 3.63) is 23.5 Å². The van der Waals surface area contributed by atoms with Gasteiger partial charge >= 0.3 is 0 Å². The van der Waals surface area contributed by atoms with E-state index in [1.165, 1.54) is 24.1 Å². The molecular weight excluding hydrogens is 174 g/mol. The first kappa shape index (κ1) is 8.24. The van der Waals surface area contributed by atoms with Crippen molar-refractivity contribution in [1.29, 1.82) is 0 Å². The molecule has 0 radical (unpaired) electrons. The first-order chi connectivity index (χ1) is 6.75. The highest BCUT2D eigenvalue weighted by Gasteiger charge is 2.37. The van der Waals surface area contributed by atoms with Crippen molar-refractivity contribution in [1.82, 2.24) is 9.88 Å². The van der Waals surface area contributed by atoms with Gasteiger partial charge in [0.25, 0.3) is 0 Å². The molecule has 3 rings (SSSR count). The Balaban J connectivity index is 2.12. The van der Waals surface area contributed by atoms with Gasteiger partial charge in [0.2, 0.25) is 0 Å². The molecule has 0 aromatic carbocycles.